The highest BCUT2D eigenvalue weighted by Gasteiger charge is 2.30. The largest absolute Gasteiger partial charge is 0.446 e. The molecule has 3 N–H and O–H groups in total. The van der Waals surface area contributed by atoms with Gasteiger partial charge in [-0.05, 0) is 37.3 Å². The van der Waals surface area contributed by atoms with Gasteiger partial charge >= 0.3 is 5.69 Å². The lowest BCUT2D eigenvalue weighted by molar-refractivity contribution is 0.387. The second-order valence-electron chi connectivity index (χ2n) is 8.60. The number of nitrogens with one attached hydrogen (secondary N) is 1. The molecule has 3 heterocycles. The number of nitrogens with two attached hydrogens (primary N) is 1. The zero-order chi connectivity index (χ0) is 23.5. The number of nitrogen functional groups attached to an aromatic ring is 1. The minimum absolute atomic E-state index is 0.0972. The highest BCUT2D eigenvalue weighted by atomic mass is 32.2. The fourth-order valence-electron chi connectivity index (χ4n) is 3.87. The van der Waals surface area contributed by atoms with Gasteiger partial charge in [0.15, 0.2) is 0 Å². The van der Waals surface area contributed by atoms with Crippen LogP contribution in [0, 0.1) is 5.92 Å². The Kier molecular flexibility index (Phi) is 7.50. The summed E-state index contributed by atoms with van der Waals surface area (Å²) in [7, 11) is -3.67. The summed E-state index contributed by atoms with van der Waals surface area (Å²) in [5.74, 6) is 0.653. The van der Waals surface area contributed by atoms with Gasteiger partial charge in [0.05, 0.1) is 6.54 Å². The van der Waals surface area contributed by atoms with Crippen LogP contribution < -0.4 is 21.9 Å². The topological polar surface area (TPSA) is 135 Å². The fraction of sp³-hybridized carbons (Fsp3) is 0.619. The zero-order valence-electron chi connectivity index (χ0n) is 19.0. The molecular formula is C21H33N5O5S. The van der Waals surface area contributed by atoms with Gasteiger partial charge in [0.25, 0.3) is 15.6 Å². The van der Waals surface area contributed by atoms with E-state index in [-0.39, 0.29) is 29.1 Å². The highest BCUT2D eigenvalue weighted by molar-refractivity contribution is 7.89. The van der Waals surface area contributed by atoms with Gasteiger partial charge in [0.2, 0.25) is 5.09 Å². The molecule has 0 unspecified atom stereocenters. The molecule has 0 saturated carbocycles. The van der Waals surface area contributed by atoms with E-state index in [1.807, 2.05) is 20.8 Å². The van der Waals surface area contributed by atoms with E-state index in [0.29, 0.717) is 31.9 Å². The Bertz CT molecular complexity index is 1140. The number of aromatic amines is 1. The zero-order valence-corrected chi connectivity index (χ0v) is 19.8. The molecule has 178 valence electrons. The number of H-pyrrole nitrogens is 1. The van der Waals surface area contributed by atoms with Crippen LogP contribution in [0.5, 0.6) is 0 Å². The quantitative estimate of drug-likeness (QED) is 0.545. The van der Waals surface area contributed by atoms with Crippen LogP contribution in [0.1, 0.15) is 52.2 Å². The molecule has 32 heavy (non-hydrogen) atoms. The maximum absolute atomic E-state index is 12.8. The van der Waals surface area contributed by atoms with Crippen molar-refractivity contribution in [3.8, 4) is 0 Å². The van der Waals surface area contributed by atoms with Gasteiger partial charge in [0.1, 0.15) is 17.3 Å². The molecule has 3 rings (SSSR count). The van der Waals surface area contributed by atoms with Gasteiger partial charge in [-0.15, -0.1) is 0 Å². The minimum Gasteiger partial charge on any atom is -0.446 e. The molecule has 0 aromatic carbocycles. The van der Waals surface area contributed by atoms with Crippen LogP contribution in [0.15, 0.2) is 31.2 Å². The third-order valence-electron chi connectivity index (χ3n) is 5.50. The number of rotatable bonds is 10. The van der Waals surface area contributed by atoms with Crippen LogP contribution in [0.2, 0.25) is 0 Å². The summed E-state index contributed by atoms with van der Waals surface area (Å²) >= 11 is 0. The second-order valence-corrected chi connectivity index (χ2v) is 10.5. The lowest BCUT2D eigenvalue weighted by Crippen LogP contribution is -2.39. The van der Waals surface area contributed by atoms with E-state index >= 15 is 0 Å². The molecule has 0 bridgehead atoms. The normalized spacial score (nSPS) is 15.0. The lowest BCUT2D eigenvalue weighted by Gasteiger charge is -2.25. The van der Waals surface area contributed by atoms with Crippen molar-refractivity contribution in [2.75, 3.05) is 30.3 Å². The molecule has 2 aromatic heterocycles. The van der Waals surface area contributed by atoms with Crippen LogP contribution in [0.3, 0.4) is 0 Å². The molecule has 1 fully saturated rings. The molecule has 0 aliphatic carbocycles. The summed E-state index contributed by atoms with van der Waals surface area (Å²) in [5, 5.41) is -0.100. The SMILES string of the molecule is CCCCN(Cc1ccc(S(=O)(=O)N2CCCC2)o1)c1c(N)n(CC(C)C)c(=O)[nH]c1=O. The van der Waals surface area contributed by atoms with Gasteiger partial charge in [0, 0.05) is 26.2 Å². The van der Waals surface area contributed by atoms with E-state index < -0.39 is 21.3 Å². The monoisotopic (exact) mass is 467 g/mol. The number of hydrogen-bond donors (Lipinski definition) is 2. The number of furan rings is 1. The smallest absolute Gasteiger partial charge is 0.330 e. The molecule has 0 radical (unpaired) electrons. The Labute approximate surface area is 188 Å². The van der Waals surface area contributed by atoms with E-state index in [1.54, 1.807) is 11.0 Å². The third kappa shape index (κ3) is 5.09. The Morgan fingerprint density at radius 3 is 2.53 bits per heavy atom. The maximum Gasteiger partial charge on any atom is 0.330 e. The summed E-state index contributed by atoms with van der Waals surface area (Å²) in [4.78, 5) is 29.1. The minimum atomic E-state index is -3.67. The first-order valence-electron chi connectivity index (χ1n) is 11.1. The van der Waals surface area contributed by atoms with Crippen molar-refractivity contribution < 1.29 is 12.8 Å². The van der Waals surface area contributed by atoms with Crippen molar-refractivity contribution in [3.63, 3.8) is 0 Å². The predicted molar refractivity (Wildman–Crippen MR) is 123 cm³/mol. The van der Waals surface area contributed by atoms with Crippen molar-refractivity contribution in [3.05, 3.63) is 38.7 Å². The molecular weight excluding hydrogens is 434 g/mol. The lowest BCUT2D eigenvalue weighted by atomic mass is 10.2. The Morgan fingerprint density at radius 1 is 1.22 bits per heavy atom. The maximum atomic E-state index is 12.8. The van der Waals surface area contributed by atoms with Crippen LogP contribution in [-0.2, 0) is 23.1 Å². The number of unbranched alkanes of at least 4 members (excludes halogenated alkanes) is 1. The first-order valence-corrected chi connectivity index (χ1v) is 12.6. The molecule has 1 aliphatic heterocycles. The summed E-state index contributed by atoms with van der Waals surface area (Å²) in [6.45, 7) is 7.94. The van der Waals surface area contributed by atoms with Crippen LogP contribution in [0.25, 0.3) is 0 Å². The number of hydrogen-bond acceptors (Lipinski definition) is 7. The molecule has 0 atom stereocenters. The summed E-state index contributed by atoms with van der Waals surface area (Å²) < 4.78 is 34.0. The average molecular weight is 468 g/mol. The summed E-state index contributed by atoms with van der Waals surface area (Å²) in [6, 6.07) is 3.06. The van der Waals surface area contributed by atoms with Gasteiger partial charge in [-0.1, -0.05) is 27.2 Å². The summed E-state index contributed by atoms with van der Waals surface area (Å²) in [5.41, 5.74) is 5.36. The van der Waals surface area contributed by atoms with Gasteiger partial charge in [-0.2, -0.15) is 4.31 Å². The summed E-state index contributed by atoms with van der Waals surface area (Å²) in [6.07, 6.45) is 3.34. The van der Waals surface area contributed by atoms with Gasteiger partial charge in [-0.3, -0.25) is 14.3 Å². The molecule has 2 aromatic rings. The highest BCUT2D eigenvalue weighted by Crippen LogP contribution is 2.25. The van der Waals surface area contributed by atoms with Crippen molar-refractivity contribution in [1.82, 2.24) is 13.9 Å². The Morgan fingerprint density at radius 2 is 1.91 bits per heavy atom. The van der Waals surface area contributed by atoms with E-state index in [4.69, 9.17) is 10.2 Å². The molecule has 10 nitrogen and oxygen atoms in total. The second kappa shape index (κ2) is 9.95. The van der Waals surface area contributed by atoms with Crippen molar-refractivity contribution in [2.45, 2.75) is 64.6 Å². The molecule has 0 spiro atoms. The van der Waals surface area contributed by atoms with E-state index in [1.165, 1.54) is 14.9 Å². The fourth-order valence-corrected chi connectivity index (χ4v) is 5.32. The number of sulfonamides is 1. The van der Waals surface area contributed by atoms with E-state index in [9.17, 15) is 18.0 Å². The molecule has 1 aliphatic rings. The van der Waals surface area contributed by atoms with E-state index in [0.717, 1.165) is 25.7 Å². The molecule has 1 saturated heterocycles. The Balaban J connectivity index is 1.95. The molecule has 0 amide bonds. The van der Waals surface area contributed by atoms with E-state index in [2.05, 4.69) is 4.98 Å². The standard InChI is InChI=1S/C21H33N5O5S/c1-4-5-10-24(18-19(22)26(13-15(2)3)21(28)23-20(18)27)14-16-8-9-17(31-16)32(29,30)25-11-6-7-12-25/h8-9,15H,4-7,10-14,22H2,1-3H3,(H,23,27,28). The third-order valence-corrected chi connectivity index (χ3v) is 7.28. The first kappa shape index (κ1) is 24.1. The number of anilines is 2. The van der Waals surface area contributed by atoms with Crippen LogP contribution >= 0.6 is 0 Å². The molecule has 11 heteroatoms. The Hall–Kier alpha value is -2.53. The van der Waals surface area contributed by atoms with Crippen molar-refractivity contribution in [2.24, 2.45) is 5.92 Å². The van der Waals surface area contributed by atoms with Crippen molar-refractivity contribution in [1.29, 1.82) is 0 Å². The van der Waals surface area contributed by atoms with Crippen LogP contribution in [-0.4, -0.2) is 41.9 Å². The van der Waals surface area contributed by atoms with Gasteiger partial charge < -0.3 is 15.1 Å². The first-order chi connectivity index (χ1) is 15.1. The number of nitrogens with zero attached hydrogens (tertiary/aromatic N) is 3. The average Bonchev–Trinajstić information content (AvgIpc) is 3.41. The van der Waals surface area contributed by atoms with Gasteiger partial charge in [-0.25, -0.2) is 13.2 Å². The predicted octanol–water partition coefficient (Wildman–Crippen LogP) is 1.96. The number of aromatic nitrogens is 2. The van der Waals surface area contributed by atoms with Crippen molar-refractivity contribution >= 4 is 21.5 Å². The van der Waals surface area contributed by atoms with Crippen LogP contribution in [0.4, 0.5) is 11.5 Å².